The first kappa shape index (κ1) is 57.7. The minimum Gasteiger partial charge on any atom is -0.506 e. The maximum Gasteiger partial charge on any atom is 0.303 e. The van der Waals surface area contributed by atoms with E-state index >= 15 is 0 Å². The summed E-state index contributed by atoms with van der Waals surface area (Å²) in [6.07, 6.45) is -0.846. The number of carbonyl (C=O) groups is 2. The molecule has 78 heavy (non-hydrogen) atoms. The molecule has 0 aromatic heterocycles. The highest BCUT2D eigenvalue weighted by Gasteiger charge is 2.28. The van der Waals surface area contributed by atoms with Crippen molar-refractivity contribution in [2.75, 3.05) is 140 Å². The third-order valence-electron chi connectivity index (χ3n) is 13.5. The van der Waals surface area contributed by atoms with Gasteiger partial charge >= 0.3 is 11.9 Å². The molecule has 418 valence electrons. The number of fused-ring (bicyclic) bond motifs is 22. The number of carboxylic acid groups (broad SMARTS) is 2. The summed E-state index contributed by atoms with van der Waals surface area (Å²) < 4.78 is 56.4. The highest BCUT2D eigenvalue weighted by Crippen LogP contribution is 2.49. The molecule has 0 unspecified atom stereocenters. The maximum absolute atomic E-state index is 13.7. The summed E-state index contributed by atoms with van der Waals surface area (Å²) in [5, 5.41) is 30.4. The number of rotatable bonds is 12. The van der Waals surface area contributed by atoms with Gasteiger partial charge in [-0.15, -0.1) is 0 Å². The van der Waals surface area contributed by atoms with Gasteiger partial charge in [-0.05, 0) is 97.5 Å². The van der Waals surface area contributed by atoms with Crippen LogP contribution in [0.4, 0.5) is 17.1 Å². The minimum atomic E-state index is -1.10. The first-order chi connectivity index (χ1) is 37.8. The Bertz CT molecular complexity index is 2960. The first-order valence-electron chi connectivity index (χ1n) is 26.2. The molecule has 1 aliphatic carbocycles. The zero-order valence-electron chi connectivity index (χ0n) is 44.2. The summed E-state index contributed by atoms with van der Waals surface area (Å²) in [5.41, 5.74) is 5.58. The third-order valence-corrected chi connectivity index (χ3v) is 14.2. The van der Waals surface area contributed by atoms with Gasteiger partial charge in [-0.25, -0.2) is 0 Å². The van der Waals surface area contributed by atoms with Crippen LogP contribution < -0.4 is 34.3 Å². The van der Waals surface area contributed by atoms with Crippen molar-refractivity contribution in [3.05, 3.63) is 109 Å². The molecule has 0 spiro atoms. The quantitative estimate of drug-likeness (QED) is 0.0594. The molecule has 4 aromatic carbocycles. The van der Waals surface area contributed by atoms with Gasteiger partial charge in [0.1, 0.15) is 52.9 Å². The van der Waals surface area contributed by atoms with Crippen LogP contribution in [0.1, 0.15) is 35.1 Å². The van der Waals surface area contributed by atoms with E-state index in [1.54, 1.807) is 19.2 Å². The van der Waals surface area contributed by atoms with Crippen molar-refractivity contribution >= 4 is 63.2 Å². The van der Waals surface area contributed by atoms with Crippen molar-refractivity contribution in [2.24, 2.45) is 0 Å². The topological polar surface area (TPSA) is 209 Å². The van der Waals surface area contributed by atoms with Gasteiger partial charge in [0.15, 0.2) is 11.3 Å². The van der Waals surface area contributed by atoms with Crippen molar-refractivity contribution in [3.8, 4) is 45.4 Å². The molecule has 4 aromatic rings. The van der Waals surface area contributed by atoms with E-state index in [-0.39, 0.29) is 90.4 Å². The molecule has 3 N–H and O–H groups in total. The fourth-order valence-corrected chi connectivity index (χ4v) is 10.1. The smallest absolute Gasteiger partial charge is 0.303 e. The second-order valence-corrected chi connectivity index (χ2v) is 19.7. The number of phenolic OH excluding ortho intramolecular Hbond substituents is 1. The number of anilines is 3. The van der Waals surface area contributed by atoms with Crippen molar-refractivity contribution in [1.82, 2.24) is 0 Å². The number of halogens is 2. The number of hydrogen-bond donors (Lipinski definition) is 3. The van der Waals surface area contributed by atoms with E-state index in [1.807, 2.05) is 44.2 Å². The van der Waals surface area contributed by atoms with Gasteiger partial charge in [0.25, 0.3) is 0 Å². The molecule has 20 heteroatoms. The highest BCUT2D eigenvalue weighted by molar-refractivity contribution is 6.37. The van der Waals surface area contributed by atoms with Crippen LogP contribution >= 0.6 is 23.2 Å². The maximum atomic E-state index is 13.7. The van der Waals surface area contributed by atoms with Gasteiger partial charge in [-0.1, -0.05) is 41.4 Å². The molecule has 4 heterocycles. The summed E-state index contributed by atoms with van der Waals surface area (Å²) in [6, 6.07) is 21.1. The second kappa shape index (κ2) is 27.9. The van der Waals surface area contributed by atoms with Gasteiger partial charge in [0.05, 0.1) is 89.6 Å². The summed E-state index contributed by atoms with van der Waals surface area (Å²) >= 11 is 13.7. The monoisotopic (exact) mass is 1120 g/mol. The van der Waals surface area contributed by atoms with Gasteiger partial charge in [-0.3, -0.25) is 14.4 Å². The van der Waals surface area contributed by atoms with Crippen molar-refractivity contribution in [2.45, 2.75) is 39.5 Å². The molecular formula is C58H67Cl2N3O15. The van der Waals surface area contributed by atoms with E-state index in [1.165, 1.54) is 0 Å². The van der Waals surface area contributed by atoms with Gasteiger partial charge in [0, 0.05) is 68.2 Å². The number of phenols is 1. The van der Waals surface area contributed by atoms with Crippen LogP contribution in [0.25, 0.3) is 33.4 Å². The van der Waals surface area contributed by atoms with Gasteiger partial charge in [-0.2, -0.15) is 0 Å². The molecule has 0 atom stereocenters. The highest BCUT2D eigenvalue weighted by atomic mass is 35.5. The number of carboxylic acids is 2. The molecular weight excluding hydrogens is 1050 g/mol. The van der Waals surface area contributed by atoms with Crippen LogP contribution in [0.15, 0.2) is 75.9 Å². The standard InChI is InChI=1S/C58H67Cl2N3O15/c1-37-4-9-44-47(32-37)75-24-18-63(19-25-76-48-33-38(2)5-10-45(48)62-16-22-73-29-27-71-20-14-61(44)15-21-72-28-30-74-23-17-62)46-11-6-39(36-49(46)77-31-26-70-3)52-42-34-40(7-12-50(64)65)55(68)53(59)57(42)78-58-43(52)35-41(8-13-51(66)67)56(69)54(58)60/h4-6,9-11,32-36,68H,7-8,12-31H2,1-3H3,(H,64,65)(H,66,67). The van der Waals surface area contributed by atoms with Crippen molar-refractivity contribution in [1.29, 1.82) is 0 Å². The van der Waals surface area contributed by atoms with E-state index in [2.05, 4.69) is 39.0 Å². The lowest BCUT2D eigenvalue weighted by atomic mass is 9.90. The van der Waals surface area contributed by atoms with Crippen LogP contribution in [-0.2, 0) is 46.1 Å². The summed E-state index contributed by atoms with van der Waals surface area (Å²) in [5.74, 6) is -0.806. The van der Waals surface area contributed by atoms with Crippen LogP contribution in [0.2, 0.25) is 10.0 Å². The molecule has 1 fully saturated rings. The Morgan fingerprint density at radius 2 is 1.10 bits per heavy atom. The largest absolute Gasteiger partial charge is 0.506 e. The Hall–Kier alpha value is -6.51. The van der Waals surface area contributed by atoms with E-state index in [0.717, 1.165) is 22.5 Å². The zero-order valence-corrected chi connectivity index (χ0v) is 45.8. The number of aromatic hydroxyl groups is 1. The molecule has 0 saturated carbocycles. The lowest BCUT2D eigenvalue weighted by molar-refractivity contribution is -0.138. The number of benzene rings is 5. The number of aliphatic carboxylic acids is 2. The van der Waals surface area contributed by atoms with Crippen LogP contribution in [0.3, 0.4) is 0 Å². The predicted octanol–water partition coefficient (Wildman–Crippen LogP) is 8.92. The van der Waals surface area contributed by atoms with Crippen LogP contribution in [0.5, 0.6) is 23.0 Å². The molecule has 4 aliphatic heterocycles. The Morgan fingerprint density at radius 1 is 0.603 bits per heavy atom. The zero-order chi connectivity index (χ0) is 55.1. The summed E-state index contributed by atoms with van der Waals surface area (Å²) in [4.78, 5) is 43.8. The lowest BCUT2D eigenvalue weighted by Crippen LogP contribution is -2.34. The summed E-state index contributed by atoms with van der Waals surface area (Å²) in [6.45, 7) is 11.5. The number of nitrogens with zero attached hydrogens (tertiary/aromatic N) is 3. The van der Waals surface area contributed by atoms with E-state index in [4.69, 9.17) is 65.5 Å². The Labute approximate surface area is 463 Å². The van der Waals surface area contributed by atoms with Crippen molar-refractivity contribution < 1.29 is 67.2 Å². The number of methoxy groups -OCH3 is 1. The normalized spacial score (nSPS) is 15.8. The average molecular weight is 1120 g/mol. The number of aryl methyl sites for hydroxylation is 4. The minimum absolute atomic E-state index is 0.0131. The van der Waals surface area contributed by atoms with Gasteiger partial charge in [0.2, 0.25) is 5.43 Å². The molecule has 5 aliphatic rings. The van der Waals surface area contributed by atoms with E-state index in [9.17, 15) is 29.7 Å². The van der Waals surface area contributed by atoms with Gasteiger partial charge < -0.3 is 72.3 Å². The van der Waals surface area contributed by atoms with Crippen LogP contribution in [0, 0.1) is 13.8 Å². The van der Waals surface area contributed by atoms with E-state index in [0.29, 0.717) is 137 Å². The fraction of sp³-hybridized carbons (Fsp3) is 0.431. The Kier molecular flexibility index (Phi) is 20.6. The summed E-state index contributed by atoms with van der Waals surface area (Å²) in [7, 11) is 1.58. The molecule has 1 saturated heterocycles. The molecule has 0 radical (unpaired) electrons. The molecule has 0 amide bonds. The molecule has 2 bridgehead atoms. The van der Waals surface area contributed by atoms with E-state index < -0.39 is 17.4 Å². The Balaban J connectivity index is 1.27. The predicted molar refractivity (Wildman–Crippen MR) is 299 cm³/mol. The second-order valence-electron chi connectivity index (χ2n) is 19.0. The lowest BCUT2D eigenvalue weighted by Gasteiger charge is -2.30. The SMILES string of the molecule is COCCOc1cc(-c2c3cc(CCC(=O)O)c(=O)c(Cl)c-3oc3c(Cl)c(O)c(CCC(=O)O)cc23)ccc1N1CCOc2cc(C)ccc2N2CCOCCOCCN(CCOCCOCC2)c2ccc(C)cc2OCC1. The molecule has 9 rings (SSSR count). The fourth-order valence-electron chi connectivity index (χ4n) is 9.54. The van der Waals surface area contributed by atoms with Crippen LogP contribution in [-0.4, -0.2) is 153 Å². The number of ether oxygens (including phenoxy) is 8. The average Bonchev–Trinajstić information content (AvgIpc) is 3.44. The molecule has 18 nitrogen and oxygen atoms in total. The van der Waals surface area contributed by atoms with Crippen molar-refractivity contribution in [3.63, 3.8) is 0 Å². The third kappa shape index (κ3) is 14.6. The number of hydrogen-bond acceptors (Lipinski definition) is 16. The first-order valence-corrected chi connectivity index (χ1v) is 26.9. The Morgan fingerprint density at radius 3 is 1.63 bits per heavy atom.